The fourth-order valence-corrected chi connectivity index (χ4v) is 1.83. The zero-order chi connectivity index (χ0) is 13.9. The average Bonchev–Trinajstić information content (AvgIpc) is 3.01. The highest BCUT2D eigenvalue weighted by molar-refractivity contribution is 5.68. The van der Waals surface area contributed by atoms with Crippen molar-refractivity contribution in [2.45, 2.75) is 0 Å². The first-order valence-electron chi connectivity index (χ1n) is 5.99. The average molecular weight is 268 g/mol. The van der Waals surface area contributed by atoms with E-state index in [2.05, 4.69) is 25.8 Å². The highest BCUT2D eigenvalue weighted by Crippen LogP contribution is 2.29. The molecule has 0 bridgehead atoms. The number of aromatic hydroxyl groups is 1. The molecule has 0 saturated carbocycles. The lowest BCUT2D eigenvalue weighted by atomic mass is 10.1. The normalized spacial score (nSPS) is 10.4. The van der Waals surface area contributed by atoms with Crippen molar-refractivity contribution in [1.82, 2.24) is 25.2 Å². The lowest BCUT2D eigenvalue weighted by Gasteiger charge is -2.07. The fraction of sp³-hybridized carbons (Fsp3) is 0.0769. The number of rotatable bonds is 3. The molecule has 2 heterocycles. The largest absolute Gasteiger partial charge is 0.507 e. The molecular formula is C13H12N6O. The summed E-state index contributed by atoms with van der Waals surface area (Å²) in [6.07, 6.45) is 3.28. The van der Waals surface area contributed by atoms with Crippen LogP contribution in [0.5, 0.6) is 5.75 Å². The van der Waals surface area contributed by atoms with E-state index in [-0.39, 0.29) is 5.75 Å². The fourth-order valence-electron chi connectivity index (χ4n) is 1.83. The Morgan fingerprint density at radius 1 is 1.15 bits per heavy atom. The first kappa shape index (κ1) is 12.1. The van der Waals surface area contributed by atoms with Gasteiger partial charge in [-0.3, -0.25) is 0 Å². The van der Waals surface area contributed by atoms with Crippen LogP contribution < -0.4 is 5.32 Å². The molecule has 0 atom stereocenters. The van der Waals surface area contributed by atoms with Gasteiger partial charge in [0.1, 0.15) is 11.6 Å². The summed E-state index contributed by atoms with van der Waals surface area (Å²) in [4.78, 5) is 0. The van der Waals surface area contributed by atoms with Gasteiger partial charge in [0.2, 0.25) is 0 Å². The number of phenols is 1. The van der Waals surface area contributed by atoms with Gasteiger partial charge in [-0.25, -0.2) is 4.68 Å². The minimum absolute atomic E-state index is 0.115. The molecule has 7 heteroatoms. The number of nitrogens with zero attached hydrogens (tertiary/aromatic N) is 5. The van der Waals surface area contributed by atoms with E-state index in [4.69, 9.17) is 0 Å². The summed E-state index contributed by atoms with van der Waals surface area (Å²) in [6, 6.07) is 8.81. The summed E-state index contributed by atoms with van der Waals surface area (Å²) in [5.74, 6) is 0.789. The third-order valence-corrected chi connectivity index (χ3v) is 2.87. The number of anilines is 1. The van der Waals surface area contributed by atoms with Crippen molar-refractivity contribution in [2.75, 3.05) is 12.4 Å². The van der Waals surface area contributed by atoms with Gasteiger partial charge in [0.05, 0.1) is 23.8 Å². The van der Waals surface area contributed by atoms with Crippen LogP contribution in [0, 0.1) is 0 Å². The standard InChI is InChI=1S/C13H12N6O/c1-14-13-5-4-11(16-17-13)10-3-2-9(8-12(10)20)19-7-6-15-18-19/h2-8,20H,1H3,(H,14,17). The van der Waals surface area contributed by atoms with E-state index >= 15 is 0 Å². The maximum absolute atomic E-state index is 10.1. The van der Waals surface area contributed by atoms with E-state index in [1.807, 2.05) is 6.07 Å². The summed E-state index contributed by atoms with van der Waals surface area (Å²) in [7, 11) is 1.77. The maximum Gasteiger partial charge on any atom is 0.148 e. The van der Waals surface area contributed by atoms with Crippen molar-refractivity contribution >= 4 is 5.82 Å². The van der Waals surface area contributed by atoms with Crippen molar-refractivity contribution in [2.24, 2.45) is 0 Å². The van der Waals surface area contributed by atoms with E-state index in [1.54, 1.807) is 48.4 Å². The molecule has 3 aromatic rings. The Bertz CT molecular complexity index is 708. The molecule has 3 rings (SSSR count). The van der Waals surface area contributed by atoms with E-state index in [0.29, 0.717) is 17.1 Å². The first-order valence-corrected chi connectivity index (χ1v) is 5.99. The van der Waals surface area contributed by atoms with Crippen LogP contribution in [-0.4, -0.2) is 37.3 Å². The van der Waals surface area contributed by atoms with Crippen molar-refractivity contribution in [3.8, 4) is 22.7 Å². The molecule has 0 aliphatic rings. The van der Waals surface area contributed by atoms with Gasteiger partial charge in [0.25, 0.3) is 0 Å². The highest BCUT2D eigenvalue weighted by atomic mass is 16.3. The van der Waals surface area contributed by atoms with Gasteiger partial charge in [-0.05, 0) is 24.3 Å². The van der Waals surface area contributed by atoms with Gasteiger partial charge >= 0.3 is 0 Å². The van der Waals surface area contributed by atoms with Crippen LogP contribution >= 0.6 is 0 Å². The Morgan fingerprint density at radius 2 is 2.05 bits per heavy atom. The third-order valence-electron chi connectivity index (χ3n) is 2.87. The Kier molecular flexibility index (Phi) is 3.00. The Labute approximate surface area is 114 Å². The van der Waals surface area contributed by atoms with Gasteiger partial charge in [-0.15, -0.1) is 15.3 Å². The maximum atomic E-state index is 10.1. The summed E-state index contributed by atoms with van der Waals surface area (Å²) in [5.41, 5.74) is 1.94. The minimum Gasteiger partial charge on any atom is -0.507 e. The lowest BCUT2D eigenvalue weighted by molar-refractivity contribution is 0.476. The molecule has 100 valence electrons. The lowest BCUT2D eigenvalue weighted by Crippen LogP contribution is -1.97. The molecule has 7 nitrogen and oxygen atoms in total. The molecule has 0 fully saturated rings. The molecule has 0 spiro atoms. The van der Waals surface area contributed by atoms with E-state index < -0.39 is 0 Å². The van der Waals surface area contributed by atoms with Gasteiger partial charge in [-0.2, -0.15) is 0 Å². The van der Waals surface area contributed by atoms with Crippen LogP contribution in [0.3, 0.4) is 0 Å². The molecule has 0 unspecified atom stereocenters. The summed E-state index contributed by atoms with van der Waals surface area (Å²) in [5, 5.41) is 28.7. The second kappa shape index (κ2) is 4.96. The predicted octanol–water partition coefficient (Wildman–Crippen LogP) is 1.47. The Balaban J connectivity index is 1.98. The Morgan fingerprint density at radius 3 is 2.65 bits per heavy atom. The number of hydrogen-bond donors (Lipinski definition) is 2. The predicted molar refractivity (Wildman–Crippen MR) is 73.6 cm³/mol. The number of aromatic nitrogens is 5. The van der Waals surface area contributed by atoms with Crippen LogP contribution in [0.15, 0.2) is 42.7 Å². The Hall–Kier alpha value is -2.96. The van der Waals surface area contributed by atoms with Gasteiger partial charge < -0.3 is 10.4 Å². The highest BCUT2D eigenvalue weighted by Gasteiger charge is 2.08. The molecule has 0 aliphatic heterocycles. The van der Waals surface area contributed by atoms with Gasteiger partial charge in [0, 0.05) is 18.7 Å². The molecule has 20 heavy (non-hydrogen) atoms. The molecule has 0 saturated heterocycles. The number of nitrogens with one attached hydrogen (secondary N) is 1. The van der Waals surface area contributed by atoms with Crippen LogP contribution in [0.2, 0.25) is 0 Å². The molecule has 2 N–H and O–H groups in total. The van der Waals surface area contributed by atoms with Crippen molar-refractivity contribution in [3.63, 3.8) is 0 Å². The molecule has 0 amide bonds. The summed E-state index contributed by atoms with van der Waals surface area (Å²) in [6.45, 7) is 0. The topological polar surface area (TPSA) is 88.8 Å². The van der Waals surface area contributed by atoms with Crippen molar-refractivity contribution in [3.05, 3.63) is 42.7 Å². The van der Waals surface area contributed by atoms with Crippen LogP contribution in [0.25, 0.3) is 16.9 Å². The second-order valence-electron chi connectivity index (χ2n) is 4.10. The molecule has 0 radical (unpaired) electrons. The smallest absolute Gasteiger partial charge is 0.148 e. The SMILES string of the molecule is CNc1ccc(-c2ccc(-n3ccnn3)cc2O)nn1. The molecule has 1 aromatic carbocycles. The van der Waals surface area contributed by atoms with Crippen molar-refractivity contribution < 1.29 is 5.11 Å². The zero-order valence-corrected chi connectivity index (χ0v) is 10.7. The van der Waals surface area contributed by atoms with Crippen molar-refractivity contribution in [1.29, 1.82) is 0 Å². The first-order chi connectivity index (χ1) is 9.78. The number of benzene rings is 1. The second-order valence-corrected chi connectivity index (χ2v) is 4.10. The molecule has 2 aromatic heterocycles. The monoisotopic (exact) mass is 268 g/mol. The molecular weight excluding hydrogens is 256 g/mol. The van der Waals surface area contributed by atoms with Gasteiger partial charge in [-0.1, -0.05) is 5.21 Å². The summed E-state index contributed by atoms with van der Waals surface area (Å²) >= 11 is 0. The van der Waals surface area contributed by atoms with E-state index in [9.17, 15) is 5.11 Å². The van der Waals surface area contributed by atoms with Crippen LogP contribution in [0.4, 0.5) is 5.82 Å². The van der Waals surface area contributed by atoms with Gasteiger partial charge in [0.15, 0.2) is 0 Å². The van der Waals surface area contributed by atoms with E-state index in [1.165, 1.54) is 0 Å². The van der Waals surface area contributed by atoms with E-state index in [0.717, 1.165) is 5.69 Å². The number of phenolic OH excluding ortho intramolecular Hbond substituents is 1. The zero-order valence-electron chi connectivity index (χ0n) is 10.7. The summed E-state index contributed by atoms with van der Waals surface area (Å²) < 4.78 is 1.57. The third kappa shape index (κ3) is 2.16. The number of hydrogen-bond acceptors (Lipinski definition) is 6. The molecule has 0 aliphatic carbocycles. The van der Waals surface area contributed by atoms with Crippen LogP contribution in [0.1, 0.15) is 0 Å². The quantitative estimate of drug-likeness (QED) is 0.747. The van der Waals surface area contributed by atoms with Crippen LogP contribution in [-0.2, 0) is 0 Å². The minimum atomic E-state index is 0.115.